The number of nitrogens with zero attached hydrogens (tertiary/aromatic N) is 1. The highest BCUT2D eigenvalue weighted by Crippen LogP contribution is 2.35. The van der Waals surface area contributed by atoms with E-state index in [1.54, 1.807) is 0 Å². The zero-order valence-electron chi connectivity index (χ0n) is 10.5. The lowest BCUT2D eigenvalue weighted by Gasteiger charge is -2.36. The molecule has 1 aromatic carbocycles. The molecule has 1 aliphatic heterocycles. The van der Waals surface area contributed by atoms with E-state index in [1.807, 2.05) is 0 Å². The van der Waals surface area contributed by atoms with Crippen LogP contribution in [0.5, 0.6) is 0 Å². The molecule has 1 saturated heterocycles. The first kappa shape index (κ1) is 15.8. The number of hydrogen-bond donors (Lipinski definition) is 1. The molecule has 1 aliphatic carbocycles. The Balaban J connectivity index is 0.000000810. The Bertz CT molecular complexity index is 344. The second-order valence-electron chi connectivity index (χ2n) is 5.35. The third-order valence-electron chi connectivity index (χ3n) is 4.23. The summed E-state index contributed by atoms with van der Waals surface area (Å²) in [6.07, 6.45) is 2.69. The number of fused-ring (bicyclic) bond motifs is 2. The van der Waals surface area contributed by atoms with Crippen LogP contribution >= 0.6 is 24.8 Å². The minimum absolute atomic E-state index is 0. The summed E-state index contributed by atoms with van der Waals surface area (Å²) in [6, 6.07) is 11.2. The number of likely N-dealkylation sites (tertiary alicyclic amines) is 1. The van der Waals surface area contributed by atoms with E-state index in [2.05, 4.69) is 35.2 Å². The molecule has 2 fully saturated rings. The third kappa shape index (κ3) is 3.18. The fraction of sp³-hybridized carbons (Fsp3) is 0.571. The third-order valence-corrected chi connectivity index (χ3v) is 4.23. The predicted molar refractivity (Wildman–Crippen MR) is 80.4 cm³/mol. The molecule has 3 rings (SSSR count). The first-order chi connectivity index (χ1) is 7.83. The van der Waals surface area contributed by atoms with Gasteiger partial charge in [-0.2, -0.15) is 0 Å². The molecule has 18 heavy (non-hydrogen) atoms. The van der Waals surface area contributed by atoms with E-state index in [0.29, 0.717) is 6.04 Å². The number of benzene rings is 1. The van der Waals surface area contributed by atoms with Crippen molar-refractivity contribution in [2.75, 3.05) is 13.1 Å². The van der Waals surface area contributed by atoms with E-state index in [-0.39, 0.29) is 24.8 Å². The van der Waals surface area contributed by atoms with Crippen LogP contribution in [0.25, 0.3) is 0 Å². The first-order valence-electron chi connectivity index (χ1n) is 6.35. The largest absolute Gasteiger partial charge is 0.327 e. The van der Waals surface area contributed by atoms with Crippen LogP contribution in [-0.4, -0.2) is 24.0 Å². The van der Waals surface area contributed by atoms with Gasteiger partial charge in [-0.05, 0) is 30.2 Å². The molecule has 0 radical (unpaired) electrons. The molecule has 0 aromatic heterocycles. The fourth-order valence-electron chi connectivity index (χ4n) is 3.33. The van der Waals surface area contributed by atoms with Crippen molar-refractivity contribution in [2.24, 2.45) is 17.6 Å². The Labute approximate surface area is 122 Å². The van der Waals surface area contributed by atoms with E-state index in [4.69, 9.17) is 5.73 Å². The minimum Gasteiger partial charge on any atom is -0.327 e. The molecule has 2 nitrogen and oxygen atoms in total. The van der Waals surface area contributed by atoms with Gasteiger partial charge in [-0.1, -0.05) is 30.3 Å². The summed E-state index contributed by atoms with van der Waals surface area (Å²) in [5.41, 5.74) is 7.64. The van der Waals surface area contributed by atoms with Gasteiger partial charge in [0.2, 0.25) is 0 Å². The van der Waals surface area contributed by atoms with Crippen molar-refractivity contribution < 1.29 is 0 Å². The lowest BCUT2D eigenvalue weighted by Crippen LogP contribution is -2.48. The number of nitrogens with two attached hydrogens (primary N) is 1. The summed E-state index contributed by atoms with van der Waals surface area (Å²) in [5, 5.41) is 0. The van der Waals surface area contributed by atoms with E-state index in [0.717, 1.165) is 18.4 Å². The Hall–Kier alpha value is -0.280. The van der Waals surface area contributed by atoms with E-state index < -0.39 is 0 Å². The maximum Gasteiger partial charge on any atom is 0.0233 e. The fourth-order valence-corrected chi connectivity index (χ4v) is 3.33. The molecule has 0 spiro atoms. The highest BCUT2D eigenvalue weighted by Gasteiger charge is 2.39. The van der Waals surface area contributed by atoms with Crippen LogP contribution in [0.4, 0.5) is 0 Å². The van der Waals surface area contributed by atoms with Crippen LogP contribution in [0, 0.1) is 11.8 Å². The van der Waals surface area contributed by atoms with Crippen molar-refractivity contribution in [3.8, 4) is 0 Å². The molecular formula is C14H22Cl2N2. The van der Waals surface area contributed by atoms with Crippen molar-refractivity contribution in [1.82, 2.24) is 4.90 Å². The lowest BCUT2D eigenvalue weighted by atomic mass is 9.93. The molecule has 4 heteroatoms. The van der Waals surface area contributed by atoms with Gasteiger partial charge in [-0.15, -0.1) is 24.8 Å². The average Bonchev–Trinajstić information content (AvgIpc) is 2.54. The molecule has 2 N–H and O–H groups in total. The van der Waals surface area contributed by atoms with E-state index in [9.17, 15) is 0 Å². The predicted octanol–water partition coefficient (Wildman–Crippen LogP) is 2.70. The Morgan fingerprint density at radius 2 is 1.56 bits per heavy atom. The van der Waals surface area contributed by atoms with Crippen LogP contribution < -0.4 is 5.73 Å². The molecule has 1 heterocycles. The van der Waals surface area contributed by atoms with Gasteiger partial charge in [0, 0.05) is 25.7 Å². The molecular weight excluding hydrogens is 267 g/mol. The van der Waals surface area contributed by atoms with Gasteiger partial charge >= 0.3 is 0 Å². The highest BCUT2D eigenvalue weighted by atomic mass is 35.5. The number of hydrogen-bond acceptors (Lipinski definition) is 2. The monoisotopic (exact) mass is 288 g/mol. The highest BCUT2D eigenvalue weighted by molar-refractivity contribution is 5.85. The minimum atomic E-state index is 0. The molecule has 1 aromatic rings. The summed E-state index contributed by atoms with van der Waals surface area (Å²) in [4.78, 5) is 2.58. The van der Waals surface area contributed by atoms with Crippen molar-refractivity contribution >= 4 is 24.8 Å². The average molecular weight is 289 g/mol. The topological polar surface area (TPSA) is 29.3 Å². The summed E-state index contributed by atoms with van der Waals surface area (Å²) in [5.74, 6) is 1.50. The van der Waals surface area contributed by atoms with Crippen LogP contribution in [0.3, 0.4) is 0 Å². The van der Waals surface area contributed by atoms with Gasteiger partial charge in [-0.3, -0.25) is 4.90 Å². The zero-order valence-corrected chi connectivity index (χ0v) is 12.1. The number of piperidine rings is 1. The SMILES string of the molecule is Cl.Cl.NC1C2CCC1CN(Cc1ccccc1)C2. The molecule has 2 aliphatic rings. The van der Waals surface area contributed by atoms with Gasteiger partial charge in [0.1, 0.15) is 0 Å². The second kappa shape index (κ2) is 6.76. The first-order valence-corrected chi connectivity index (χ1v) is 6.35. The maximum absolute atomic E-state index is 6.21. The Morgan fingerprint density at radius 3 is 2.11 bits per heavy atom. The van der Waals surface area contributed by atoms with E-state index >= 15 is 0 Å². The second-order valence-corrected chi connectivity index (χ2v) is 5.35. The smallest absolute Gasteiger partial charge is 0.0233 e. The van der Waals surface area contributed by atoms with E-state index in [1.165, 1.54) is 31.5 Å². The summed E-state index contributed by atoms with van der Waals surface area (Å²) in [7, 11) is 0. The van der Waals surface area contributed by atoms with Crippen LogP contribution in [0.1, 0.15) is 18.4 Å². The molecule has 0 amide bonds. The van der Waals surface area contributed by atoms with Crippen molar-refractivity contribution in [3.05, 3.63) is 35.9 Å². The molecule has 2 unspecified atom stereocenters. The van der Waals surface area contributed by atoms with Crippen LogP contribution in [0.15, 0.2) is 30.3 Å². The molecule has 2 atom stereocenters. The molecule has 102 valence electrons. The van der Waals surface area contributed by atoms with Crippen LogP contribution in [0.2, 0.25) is 0 Å². The standard InChI is InChI=1S/C14H20N2.2ClH/c15-14-12-6-7-13(14)10-16(9-12)8-11-4-2-1-3-5-11;;/h1-5,12-14H,6-10,15H2;2*1H. The summed E-state index contributed by atoms with van der Waals surface area (Å²) >= 11 is 0. The summed E-state index contributed by atoms with van der Waals surface area (Å²) < 4.78 is 0. The Morgan fingerprint density at radius 1 is 1.00 bits per heavy atom. The molecule has 1 saturated carbocycles. The van der Waals surface area contributed by atoms with Gasteiger partial charge in [-0.25, -0.2) is 0 Å². The quantitative estimate of drug-likeness (QED) is 0.907. The van der Waals surface area contributed by atoms with Gasteiger partial charge < -0.3 is 5.73 Å². The molecule has 2 bridgehead atoms. The Kier molecular flexibility index (Phi) is 5.93. The van der Waals surface area contributed by atoms with Crippen LogP contribution in [-0.2, 0) is 6.54 Å². The van der Waals surface area contributed by atoms with Gasteiger partial charge in [0.15, 0.2) is 0 Å². The number of halogens is 2. The normalized spacial score (nSPS) is 30.4. The zero-order chi connectivity index (χ0) is 11.0. The van der Waals surface area contributed by atoms with Crippen molar-refractivity contribution in [1.29, 1.82) is 0 Å². The lowest BCUT2D eigenvalue weighted by molar-refractivity contribution is 0.140. The number of rotatable bonds is 2. The van der Waals surface area contributed by atoms with Gasteiger partial charge in [0.05, 0.1) is 0 Å². The van der Waals surface area contributed by atoms with Crippen molar-refractivity contribution in [3.63, 3.8) is 0 Å². The summed E-state index contributed by atoms with van der Waals surface area (Å²) in [6.45, 7) is 3.50. The maximum atomic E-state index is 6.21. The van der Waals surface area contributed by atoms with Crippen molar-refractivity contribution in [2.45, 2.75) is 25.4 Å². The van der Waals surface area contributed by atoms with Gasteiger partial charge in [0.25, 0.3) is 0 Å².